The van der Waals surface area contributed by atoms with Crippen LogP contribution in [0.3, 0.4) is 0 Å². The van der Waals surface area contributed by atoms with Crippen LogP contribution in [-0.4, -0.2) is 21.8 Å². The maximum atomic E-state index is 10.2. The van der Waals surface area contributed by atoms with Crippen LogP contribution < -0.4 is 0 Å². The lowest BCUT2D eigenvalue weighted by atomic mass is 10.4. The normalized spacial score (nSPS) is 10.1. The summed E-state index contributed by atoms with van der Waals surface area (Å²) in [5.41, 5.74) is 0. The van der Waals surface area contributed by atoms with Crippen LogP contribution in [-0.2, 0) is 11.2 Å². The fourth-order valence-corrected chi connectivity index (χ4v) is 2.33. The number of carboxylic acid groups (broad SMARTS) is 1. The van der Waals surface area contributed by atoms with E-state index in [2.05, 4.69) is 11.9 Å². The second kappa shape index (κ2) is 4.47. The molecule has 0 radical (unpaired) electrons. The van der Waals surface area contributed by atoms with E-state index in [1.165, 1.54) is 16.6 Å². The molecule has 0 amide bonds. The van der Waals surface area contributed by atoms with Crippen LogP contribution in [0.15, 0.2) is 10.5 Å². The lowest BCUT2D eigenvalue weighted by Crippen LogP contribution is -1.96. The Morgan fingerprint density at radius 3 is 3.08 bits per heavy atom. The Hall–Kier alpha value is -0.550. The van der Waals surface area contributed by atoms with Gasteiger partial charge in [-0.05, 0) is 6.42 Å². The first-order chi connectivity index (χ1) is 5.72. The average Bonchev–Trinajstić information content (AvgIpc) is 2.48. The van der Waals surface area contributed by atoms with E-state index in [0.29, 0.717) is 0 Å². The highest BCUT2D eigenvalue weighted by atomic mass is 32.2. The lowest BCUT2D eigenvalue weighted by Gasteiger charge is -1.89. The van der Waals surface area contributed by atoms with Gasteiger partial charge in [-0.3, -0.25) is 4.79 Å². The molecule has 1 aromatic heterocycles. The van der Waals surface area contributed by atoms with E-state index in [1.54, 1.807) is 17.5 Å². The molecule has 1 N–H and O–H groups in total. The minimum absolute atomic E-state index is 0.0939. The molecule has 66 valence electrons. The Labute approximate surface area is 78.8 Å². The minimum Gasteiger partial charge on any atom is -0.481 e. The molecule has 0 fully saturated rings. The van der Waals surface area contributed by atoms with Gasteiger partial charge in [0.05, 0.1) is 5.75 Å². The Kier molecular flexibility index (Phi) is 3.55. The van der Waals surface area contributed by atoms with Crippen molar-refractivity contribution < 1.29 is 9.90 Å². The number of nitrogens with zero attached hydrogens (tertiary/aromatic N) is 1. The molecule has 12 heavy (non-hydrogen) atoms. The highest BCUT2D eigenvalue weighted by Gasteiger charge is 2.03. The molecule has 0 aliphatic rings. The second-order valence-electron chi connectivity index (χ2n) is 2.13. The van der Waals surface area contributed by atoms with E-state index in [-0.39, 0.29) is 5.75 Å². The molecule has 0 unspecified atom stereocenters. The third kappa shape index (κ3) is 2.83. The van der Waals surface area contributed by atoms with Gasteiger partial charge in [-0.2, -0.15) is 0 Å². The molecule has 1 rings (SSSR count). The van der Waals surface area contributed by atoms with Crippen molar-refractivity contribution in [3.63, 3.8) is 0 Å². The number of aromatic nitrogens is 1. The number of carboxylic acids is 1. The Morgan fingerprint density at radius 1 is 1.83 bits per heavy atom. The van der Waals surface area contributed by atoms with Gasteiger partial charge < -0.3 is 5.11 Å². The van der Waals surface area contributed by atoms with Crippen LogP contribution in [0.25, 0.3) is 0 Å². The van der Waals surface area contributed by atoms with Gasteiger partial charge in [-0.15, -0.1) is 11.3 Å². The summed E-state index contributed by atoms with van der Waals surface area (Å²) in [4.78, 5) is 15.5. The number of aliphatic carboxylic acids is 1. The van der Waals surface area contributed by atoms with Crippen LogP contribution in [0.4, 0.5) is 0 Å². The molecule has 0 saturated heterocycles. The van der Waals surface area contributed by atoms with Gasteiger partial charge in [0.1, 0.15) is 0 Å². The van der Waals surface area contributed by atoms with Gasteiger partial charge in [-0.25, -0.2) is 4.98 Å². The van der Waals surface area contributed by atoms with Gasteiger partial charge in [0.2, 0.25) is 0 Å². The van der Waals surface area contributed by atoms with Crippen LogP contribution in [0.5, 0.6) is 0 Å². The maximum absolute atomic E-state index is 10.2. The standard InChI is InChI=1S/C7H9NO2S2/c1-2-5-3-8-7(12-5)11-4-6(9)10/h3H,2,4H2,1H3,(H,9,10). The maximum Gasteiger partial charge on any atom is 0.313 e. The van der Waals surface area contributed by atoms with Gasteiger partial charge in [0.15, 0.2) is 4.34 Å². The summed E-state index contributed by atoms with van der Waals surface area (Å²) in [7, 11) is 0. The third-order valence-corrected chi connectivity index (χ3v) is 3.48. The first-order valence-corrected chi connectivity index (χ1v) is 5.32. The van der Waals surface area contributed by atoms with Crippen molar-refractivity contribution in [3.8, 4) is 0 Å². The molecular weight excluding hydrogens is 194 g/mol. The first kappa shape index (κ1) is 9.54. The highest BCUT2D eigenvalue weighted by molar-refractivity contribution is 8.01. The van der Waals surface area contributed by atoms with E-state index in [0.717, 1.165) is 10.8 Å². The van der Waals surface area contributed by atoms with E-state index in [4.69, 9.17) is 5.11 Å². The Morgan fingerprint density at radius 2 is 2.58 bits per heavy atom. The van der Waals surface area contributed by atoms with Crippen LogP contribution >= 0.6 is 23.1 Å². The summed E-state index contributed by atoms with van der Waals surface area (Å²) in [6.45, 7) is 2.05. The predicted octanol–water partition coefficient (Wildman–Crippen LogP) is 1.88. The molecule has 3 nitrogen and oxygen atoms in total. The first-order valence-electron chi connectivity index (χ1n) is 3.51. The summed E-state index contributed by atoms with van der Waals surface area (Å²) >= 11 is 2.84. The van der Waals surface area contributed by atoms with E-state index in [9.17, 15) is 4.79 Å². The fourth-order valence-electron chi connectivity index (χ4n) is 0.643. The molecule has 5 heteroatoms. The van der Waals surface area contributed by atoms with E-state index >= 15 is 0 Å². The zero-order valence-electron chi connectivity index (χ0n) is 6.61. The smallest absolute Gasteiger partial charge is 0.313 e. The number of hydrogen-bond donors (Lipinski definition) is 1. The van der Waals surface area contributed by atoms with Gasteiger partial charge in [-0.1, -0.05) is 18.7 Å². The second-order valence-corrected chi connectivity index (χ2v) is 4.47. The average molecular weight is 203 g/mol. The predicted molar refractivity (Wildman–Crippen MR) is 49.9 cm³/mol. The third-order valence-electron chi connectivity index (χ3n) is 1.20. The number of hydrogen-bond acceptors (Lipinski definition) is 4. The van der Waals surface area contributed by atoms with Crippen molar-refractivity contribution in [3.05, 3.63) is 11.1 Å². The van der Waals surface area contributed by atoms with Gasteiger partial charge in [0.25, 0.3) is 0 Å². The van der Waals surface area contributed by atoms with Crippen LogP contribution in [0.2, 0.25) is 0 Å². The molecule has 1 heterocycles. The van der Waals surface area contributed by atoms with Crippen molar-refractivity contribution in [1.82, 2.24) is 4.98 Å². The number of thiazole rings is 1. The van der Waals surface area contributed by atoms with Gasteiger partial charge in [0, 0.05) is 11.1 Å². The number of rotatable bonds is 4. The molecule has 0 aliphatic carbocycles. The van der Waals surface area contributed by atoms with Crippen molar-refractivity contribution in [2.24, 2.45) is 0 Å². The molecule has 0 bridgehead atoms. The van der Waals surface area contributed by atoms with Crippen molar-refractivity contribution >= 4 is 29.1 Å². The highest BCUT2D eigenvalue weighted by Crippen LogP contribution is 2.23. The molecule has 0 aliphatic heterocycles. The zero-order valence-corrected chi connectivity index (χ0v) is 8.24. The van der Waals surface area contributed by atoms with Crippen molar-refractivity contribution in [2.75, 3.05) is 5.75 Å². The topological polar surface area (TPSA) is 50.2 Å². The molecule has 0 spiro atoms. The van der Waals surface area contributed by atoms with E-state index in [1.807, 2.05) is 0 Å². The Bertz CT molecular complexity index is 272. The van der Waals surface area contributed by atoms with Gasteiger partial charge >= 0.3 is 5.97 Å². The number of aryl methyl sites for hydroxylation is 1. The Balaban J connectivity index is 2.47. The molecule has 0 aromatic carbocycles. The molecule has 0 saturated carbocycles. The monoisotopic (exact) mass is 203 g/mol. The fraction of sp³-hybridized carbons (Fsp3) is 0.429. The zero-order chi connectivity index (χ0) is 8.97. The molecule has 1 aromatic rings. The van der Waals surface area contributed by atoms with E-state index < -0.39 is 5.97 Å². The summed E-state index contributed by atoms with van der Waals surface area (Å²) in [5, 5.41) is 8.39. The number of carbonyl (C=O) groups is 1. The summed E-state index contributed by atoms with van der Waals surface area (Å²) in [6.07, 6.45) is 2.76. The quantitative estimate of drug-likeness (QED) is 0.759. The molecular formula is C7H9NO2S2. The molecule has 0 atom stereocenters. The minimum atomic E-state index is -0.798. The number of thioether (sulfide) groups is 1. The van der Waals surface area contributed by atoms with Crippen LogP contribution in [0.1, 0.15) is 11.8 Å². The largest absolute Gasteiger partial charge is 0.481 e. The summed E-state index contributed by atoms with van der Waals surface area (Å²) < 4.78 is 0.842. The lowest BCUT2D eigenvalue weighted by molar-refractivity contribution is -0.133. The summed E-state index contributed by atoms with van der Waals surface area (Å²) in [5.74, 6) is -0.704. The SMILES string of the molecule is CCc1cnc(SCC(=O)O)s1. The van der Waals surface area contributed by atoms with Crippen LogP contribution in [0, 0.1) is 0 Å². The van der Waals surface area contributed by atoms with Crippen molar-refractivity contribution in [1.29, 1.82) is 0 Å². The summed E-state index contributed by atoms with van der Waals surface area (Å²) in [6, 6.07) is 0. The van der Waals surface area contributed by atoms with Crippen molar-refractivity contribution in [2.45, 2.75) is 17.7 Å².